The molecule has 1 fully saturated rings. The molecule has 11 nitrogen and oxygen atoms in total. The summed E-state index contributed by atoms with van der Waals surface area (Å²) in [5.74, 6) is -0.365. The molecular weight excluding hydrogens is 523 g/mol. The highest BCUT2D eigenvalue weighted by Crippen LogP contribution is 2.33. The highest BCUT2D eigenvalue weighted by molar-refractivity contribution is 7.13. The lowest BCUT2D eigenvalue weighted by Crippen LogP contribution is -2.44. The van der Waals surface area contributed by atoms with Crippen LogP contribution in [0.5, 0.6) is 0 Å². The summed E-state index contributed by atoms with van der Waals surface area (Å²) >= 11 is 0.640. The average molecular weight is 542 g/mol. The van der Waals surface area contributed by atoms with Gasteiger partial charge in [0.05, 0.1) is 54.3 Å². The van der Waals surface area contributed by atoms with Crippen LogP contribution in [0, 0.1) is 5.82 Å². The van der Waals surface area contributed by atoms with Crippen LogP contribution < -0.4 is 5.32 Å². The number of aromatic nitrogens is 8. The Morgan fingerprint density at radius 3 is 2.84 bits per heavy atom. The molecule has 38 heavy (non-hydrogen) atoms. The van der Waals surface area contributed by atoms with E-state index in [0.29, 0.717) is 34.6 Å². The summed E-state index contributed by atoms with van der Waals surface area (Å²) in [6, 6.07) is 3.70. The molecule has 0 aliphatic carbocycles. The molecule has 2 atom stereocenters. The molecule has 0 spiro atoms. The molecule has 0 bridgehead atoms. The fraction of sp³-hybridized carbons (Fsp3) is 0.261. The lowest BCUT2D eigenvalue weighted by Gasteiger charge is -2.31. The summed E-state index contributed by atoms with van der Waals surface area (Å²) in [6.07, 6.45) is 4.88. The number of pyridine rings is 2. The number of imidazole rings is 1. The number of amides is 1. The number of carbonyl (C=O) groups is 1. The summed E-state index contributed by atoms with van der Waals surface area (Å²) in [4.78, 5) is 29.5. The van der Waals surface area contributed by atoms with Crippen molar-refractivity contribution in [3.05, 3.63) is 64.9 Å². The molecule has 1 amide bonds. The average Bonchev–Trinajstić information content (AvgIpc) is 3.69. The van der Waals surface area contributed by atoms with Crippen LogP contribution in [0.25, 0.3) is 28.4 Å². The molecule has 0 saturated carbocycles. The predicted octanol–water partition coefficient (Wildman–Crippen LogP) is 3.37. The predicted molar refractivity (Wildman–Crippen MR) is 128 cm³/mol. The van der Waals surface area contributed by atoms with Crippen LogP contribution >= 0.6 is 11.3 Å². The van der Waals surface area contributed by atoms with Crippen molar-refractivity contribution in [2.75, 3.05) is 13.2 Å². The molecule has 6 rings (SSSR count). The number of thiazole rings is 1. The number of fused-ring (bicyclic) bond motifs is 1. The smallest absolute Gasteiger partial charge is 0.280 e. The van der Waals surface area contributed by atoms with Gasteiger partial charge in [-0.05, 0) is 18.6 Å². The van der Waals surface area contributed by atoms with E-state index in [1.165, 1.54) is 29.2 Å². The topological polar surface area (TPSA) is 126 Å². The molecule has 2 unspecified atom stereocenters. The summed E-state index contributed by atoms with van der Waals surface area (Å²) < 4.78 is 49.8. The standard InChI is InChI=1S/C23H18F3N9O2S/c24-14-2-1-3-27-19(14)21-32-15-8-28-18(34-5-4-30-33-34)7-16(15)35(21)13-6-12(10-37-11-13)31-22(36)23-29-9-17(38-23)20(25)26/h1-5,7-9,12-13,20H,6,10-11H2,(H,31,36). The van der Waals surface area contributed by atoms with Gasteiger partial charge in [0.1, 0.15) is 11.2 Å². The van der Waals surface area contributed by atoms with E-state index in [4.69, 9.17) is 4.74 Å². The molecule has 15 heteroatoms. The van der Waals surface area contributed by atoms with Crippen molar-refractivity contribution in [2.45, 2.75) is 24.9 Å². The van der Waals surface area contributed by atoms with E-state index in [1.54, 1.807) is 18.5 Å². The van der Waals surface area contributed by atoms with Crippen molar-refractivity contribution in [3.63, 3.8) is 0 Å². The van der Waals surface area contributed by atoms with Gasteiger partial charge >= 0.3 is 0 Å². The number of alkyl halides is 2. The maximum absolute atomic E-state index is 14.8. The first-order chi connectivity index (χ1) is 18.5. The largest absolute Gasteiger partial charge is 0.377 e. The van der Waals surface area contributed by atoms with Crippen LogP contribution in [-0.4, -0.2) is 64.7 Å². The minimum absolute atomic E-state index is 0.0551. The number of carbonyl (C=O) groups excluding carboxylic acids is 1. The summed E-state index contributed by atoms with van der Waals surface area (Å²) in [5, 5.41) is 10.5. The second-order valence-corrected chi connectivity index (χ2v) is 9.55. The van der Waals surface area contributed by atoms with Crippen LogP contribution in [-0.2, 0) is 4.74 Å². The zero-order valence-corrected chi connectivity index (χ0v) is 20.2. The Balaban J connectivity index is 1.36. The zero-order chi connectivity index (χ0) is 26.2. The van der Waals surface area contributed by atoms with E-state index in [2.05, 4.69) is 35.6 Å². The number of hydrogen-bond acceptors (Lipinski definition) is 9. The fourth-order valence-corrected chi connectivity index (χ4v) is 5.04. The number of nitrogens with one attached hydrogen (secondary N) is 1. The summed E-state index contributed by atoms with van der Waals surface area (Å²) in [7, 11) is 0. The summed E-state index contributed by atoms with van der Waals surface area (Å²) in [5.41, 5.74) is 1.19. The maximum Gasteiger partial charge on any atom is 0.280 e. The Morgan fingerprint density at radius 1 is 1.18 bits per heavy atom. The van der Waals surface area contributed by atoms with Gasteiger partial charge in [0.15, 0.2) is 22.5 Å². The first-order valence-electron chi connectivity index (χ1n) is 11.5. The molecule has 5 aromatic heterocycles. The molecule has 5 aromatic rings. The SMILES string of the molecule is O=C(NC1COCC(n2c(-c3ncccc3F)nc3cnc(-n4ccnn4)cc32)C1)c1ncc(C(F)F)s1. The van der Waals surface area contributed by atoms with Crippen molar-refractivity contribution in [3.8, 4) is 17.3 Å². The second-order valence-electron chi connectivity index (χ2n) is 8.48. The Bertz CT molecular complexity index is 1600. The van der Waals surface area contributed by atoms with Gasteiger partial charge in [-0.1, -0.05) is 5.21 Å². The van der Waals surface area contributed by atoms with Gasteiger partial charge in [0.25, 0.3) is 12.3 Å². The first-order valence-corrected chi connectivity index (χ1v) is 12.3. The van der Waals surface area contributed by atoms with Gasteiger partial charge in [-0.3, -0.25) is 4.79 Å². The molecule has 6 heterocycles. The van der Waals surface area contributed by atoms with Gasteiger partial charge in [-0.2, -0.15) is 0 Å². The zero-order valence-electron chi connectivity index (χ0n) is 19.4. The monoisotopic (exact) mass is 541 g/mol. The number of hydrogen-bond donors (Lipinski definition) is 1. The van der Waals surface area contributed by atoms with Crippen molar-refractivity contribution >= 4 is 28.3 Å². The van der Waals surface area contributed by atoms with Crippen LogP contribution in [0.15, 0.2) is 49.2 Å². The third kappa shape index (κ3) is 4.50. The molecule has 1 aliphatic rings. The fourth-order valence-electron chi connectivity index (χ4n) is 4.36. The molecule has 0 radical (unpaired) electrons. The minimum atomic E-state index is -2.70. The number of nitrogens with zero attached hydrogens (tertiary/aromatic N) is 8. The molecular formula is C23H18F3N9O2S. The third-order valence-corrected chi connectivity index (χ3v) is 7.01. The van der Waals surface area contributed by atoms with Crippen molar-refractivity contribution in [1.29, 1.82) is 0 Å². The highest BCUT2D eigenvalue weighted by Gasteiger charge is 2.31. The van der Waals surface area contributed by atoms with E-state index in [1.807, 2.05) is 4.57 Å². The van der Waals surface area contributed by atoms with Crippen molar-refractivity contribution in [2.24, 2.45) is 0 Å². The van der Waals surface area contributed by atoms with E-state index in [-0.39, 0.29) is 40.7 Å². The van der Waals surface area contributed by atoms with E-state index >= 15 is 0 Å². The minimum Gasteiger partial charge on any atom is -0.377 e. The number of rotatable bonds is 6. The Morgan fingerprint density at radius 2 is 2.08 bits per heavy atom. The highest BCUT2D eigenvalue weighted by atomic mass is 32.1. The van der Waals surface area contributed by atoms with Gasteiger partial charge in [-0.15, -0.1) is 16.4 Å². The van der Waals surface area contributed by atoms with Gasteiger partial charge in [0.2, 0.25) is 0 Å². The molecule has 194 valence electrons. The first kappa shape index (κ1) is 24.1. The number of ether oxygens (including phenoxy) is 1. The van der Waals surface area contributed by atoms with E-state index in [0.717, 1.165) is 6.20 Å². The number of halogens is 3. The van der Waals surface area contributed by atoms with E-state index in [9.17, 15) is 18.0 Å². The summed E-state index contributed by atoms with van der Waals surface area (Å²) in [6.45, 7) is 0.466. The molecule has 1 aliphatic heterocycles. The Kier molecular flexibility index (Phi) is 6.29. The molecule has 1 saturated heterocycles. The van der Waals surface area contributed by atoms with E-state index < -0.39 is 24.2 Å². The van der Waals surface area contributed by atoms with Gasteiger partial charge in [-0.25, -0.2) is 37.8 Å². The lowest BCUT2D eigenvalue weighted by atomic mass is 10.0. The maximum atomic E-state index is 14.8. The second kappa shape index (κ2) is 9.90. The molecule has 0 aromatic carbocycles. The van der Waals surface area contributed by atoms with Crippen LogP contribution in [0.3, 0.4) is 0 Å². The van der Waals surface area contributed by atoms with Crippen LogP contribution in [0.2, 0.25) is 0 Å². The van der Waals surface area contributed by atoms with Gasteiger partial charge < -0.3 is 14.6 Å². The normalized spacial score (nSPS) is 17.8. The van der Waals surface area contributed by atoms with Crippen molar-refractivity contribution in [1.82, 2.24) is 44.8 Å². The third-order valence-electron chi connectivity index (χ3n) is 6.01. The van der Waals surface area contributed by atoms with Crippen molar-refractivity contribution < 1.29 is 22.7 Å². The lowest BCUT2D eigenvalue weighted by molar-refractivity contribution is 0.0350. The van der Waals surface area contributed by atoms with Crippen LogP contribution in [0.1, 0.15) is 33.6 Å². The Labute approximate surface area is 216 Å². The Hall–Kier alpha value is -4.24. The quantitative estimate of drug-likeness (QED) is 0.347. The van der Waals surface area contributed by atoms with Gasteiger partial charge in [0, 0.05) is 18.5 Å². The molecule has 1 N–H and O–H groups in total. The van der Waals surface area contributed by atoms with Crippen LogP contribution in [0.4, 0.5) is 13.2 Å².